The molecule has 22 heavy (non-hydrogen) atoms. The highest BCUT2D eigenvalue weighted by molar-refractivity contribution is 5.94. The minimum Gasteiger partial charge on any atom is -0.396 e. The lowest BCUT2D eigenvalue weighted by atomic mass is 9.96. The van der Waals surface area contributed by atoms with E-state index in [2.05, 4.69) is 17.2 Å². The second-order valence-corrected chi connectivity index (χ2v) is 4.95. The normalized spacial score (nSPS) is 11.1. The maximum atomic E-state index is 11.8. The van der Waals surface area contributed by atoms with Gasteiger partial charge in [-0.2, -0.15) is 0 Å². The van der Waals surface area contributed by atoms with Crippen molar-refractivity contribution >= 4 is 5.91 Å². The van der Waals surface area contributed by atoms with Crippen LogP contribution in [0.25, 0.3) is 0 Å². The predicted octanol–water partition coefficient (Wildman–Crippen LogP) is 2.32. The molecule has 1 unspecified atom stereocenters. The summed E-state index contributed by atoms with van der Waals surface area (Å²) >= 11 is 0. The molecule has 1 amide bonds. The molecule has 2 rings (SSSR count). The topological polar surface area (TPSA) is 49.3 Å². The van der Waals surface area contributed by atoms with Crippen molar-refractivity contribution in [1.29, 1.82) is 0 Å². The number of hydrogen-bond donors (Lipinski definition) is 2. The van der Waals surface area contributed by atoms with Crippen LogP contribution in [0.4, 0.5) is 0 Å². The zero-order valence-electron chi connectivity index (χ0n) is 12.3. The molecule has 112 valence electrons. The fourth-order valence-electron chi connectivity index (χ4n) is 2.18. The molecule has 0 spiro atoms. The highest BCUT2D eigenvalue weighted by Gasteiger charge is 2.11. The van der Waals surface area contributed by atoms with Crippen molar-refractivity contribution in [2.24, 2.45) is 0 Å². The molecule has 0 aliphatic carbocycles. The third-order valence-corrected chi connectivity index (χ3v) is 3.35. The van der Waals surface area contributed by atoms with E-state index < -0.39 is 0 Å². The van der Waals surface area contributed by atoms with Crippen LogP contribution in [0, 0.1) is 11.8 Å². The molecule has 2 aromatic carbocycles. The van der Waals surface area contributed by atoms with E-state index in [0.717, 1.165) is 11.1 Å². The lowest BCUT2D eigenvalue weighted by Crippen LogP contribution is -2.27. The Morgan fingerprint density at radius 1 is 1.05 bits per heavy atom. The Labute approximate surface area is 131 Å². The Bertz CT molecular complexity index is 641. The van der Waals surface area contributed by atoms with Gasteiger partial charge < -0.3 is 10.4 Å². The number of aliphatic hydroxyl groups is 1. The minimum absolute atomic E-state index is 0.0884. The Morgan fingerprint density at radius 3 is 2.32 bits per heavy atom. The molecule has 3 heteroatoms. The molecular formula is C19H19NO2. The quantitative estimate of drug-likeness (QED) is 0.831. The van der Waals surface area contributed by atoms with Crippen LogP contribution in [0.3, 0.4) is 0 Å². The summed E-state index contributed by atoms with van der Waals surface area (Å²) in [6.07, 6.45) is 0.608. The molecule has 0 heterocycles. The van der Waals surface area contributed by atoms with Crippen LogP contribution in [0.2, 0.25) is 0 Å². The van der Waals surface area contributed by atoms with Crippen LogP contribution in [0.5, 0.6) is 0 Å². The number of rotatable bonds is 5. The van der Waals surface area contributed by atoms with Gasteiger partial charge in [0.1, 0.15) is 0 Å². The molecule has 2 N–H and O–H groups in total. The number of carbonyl (C=O) groups excluding carboxylic acids is 1. The zero-order valence-corrected chi connectivity index (χ0v) is 12.3. The molecule has 1 atom stereocenters. The summed E-state index contributed by atoms with van der Waals surface area (Å²) in [4.78, 5) is 11.8. The summed E-state index contributed by atoms with van der Waals surface area (Å²) in [6, 6.07) is 19.3. The molecule has 0 fully saturated rings. The first-order chi connectivity index (χ1) is 10.8. The minimum atomic E-state index is -0.303. The van der Waals surface area contributed by atoms with Gasteiger partial charge in [-0.25, -0.2) is 0 Å². The average Bonchev–Trinajstić information content (AvgIpc) is 2.58. The fraction of sp³-hybridized carbons (Fsp3) is 0.211. The van der Waals surface area contributed by atoms with Crippen LogP contribution in [0.1, 0.15) is 23.5 Å². The summed E-state index contributed by atoms with van der Waals surface area (Å²) in [5, 5.41) is 12.0. The van der Waals surface area contributed by atoms with Crippen LogP contribution >= 0.6 is 0 Å². The Kier molecular flexibility index (Phi) is 6.22. The van der Waals surface area contributed by atoms with Crippen molar-refractivity contribution < 1.29 is 9.90 Å². The second-order valence-electron chi connectivity index (χ2n) is 4.95. The fourth-order valence-corrected chi connectivity index (χ4v) is 2.18. The zero-order chi connectivity index (χ0) is 15.6. The van der Waals surface area contributed by atoms with Gasteiger partial charge in [-0.15, -0.1) is 0 Å². The van der Waals surface area contributed by atoms with Crippen LogP contribution in [-0.4, -0.2) is 24.2 Å². The van der Waals surface area contributed by atoms with Crippen molar-refractivity contribution in [3.8, 4) is 11.8 Å². The van der Waals surface area contributed by atoms with Gasteiger partial charge in [0.25, 0.3) is 5.91 Å². The SMILES string of the molecule is O=C(C#Cc1ccccc1)NCC(CCO)c1ccccc1. The van der Waals surface area contributed by atoms with Gasteiger partial charge in [-0.05, 0) is 24.1 Å². The molecule has 0 aliphatic rings. The van der Waals surface area contributed by atoms with Crippen LogP contribution in [0.15, 0.2) is 60.7 Å². The molecular weight excluding hydrogens is 274 g/mol. The lowest BCUT2D eigenvalue weighted by molar-refractivity contribution is -0.115. The third-order valence-electron chi connectivity index (χ3n) is 3.35. The molecule has 0 saturated heterocycles. The van der Waals surface area contributed by atoms with Crippen molar-refractivity contribution in [1.82, 2.24) is 5.32 Å². The first-order valence-electron chi connectivity index (χ1n) is 7.30. The van der Waals surface area contributed by atoms with Crippen LogP contribution < -0.4 is 5.32 Å². The standard InChI is InChI=1S/C19H19NO2/c21-14-13-18(17-9-5-2-6-10-17)15-20-19(22)12-11-16-7-3-1-4-8-16/h1-10,18,21H,13-15H2,(H,20,22). The van der Waals surface area contributed by atoms with Gasteiger partial charge in [0.2, 0.25) is 0 Å². The summed E-state index contributed by atoms with van der Waals surface area (Å²) in [6.45, 7) is 0.554. The first kappa shape index (κ1) is 15.8. The number of benzene rings is 2. The molecule has 0 bridgehead atoms. The smallest absolute Gasteiger partial charge is 0.296 e. The number of carbonyl (C=O) groups is 1. The third kappa shape index (κ3) is 5.08. The average molecular weight is 293 g/mol. The van der Waals surface area contributed by atoms with Crippen LogP contribution in [-0.2, 0) is 4.79 Å². The summed E-state index contributed by atoms with van der Waals surface area (Å²) < 4.78 is 0. The number of amides is 1. The van der Waals surface area contributed by atoms with Gasteiger partial charge in [0, 0.05) is 30.6 Å². The molecule has 0 radical (unpaired) electrons. The lowest BCUT2D eigenvalue weighted by Gasteiger charge is -2.16. The van der Waals surface area contributed by atoms with Crippen molar-refractivity contribution in [3.63, 3.8) is 0 Å². The number of nitrogens with one attached hydrogen (secondary N) is 1. The Morgan fingerprint density at radius 2 is 1.68 bits per heavy atom. The molecule has 0 aromatic heterocycles. The maximum Gasteiger partial charge on any atom is 0.296 e. The Hall–Kier alpha value is -2.57. The monoisotopic (exact) mass is 293 g/mol. The van der Waals surface area contributed by atoms with E-state index in [0.29, 0.717) is 13.0 Å². The van der Waals surface area contributed by atoms with Crippen molar-refractivity contribution in [2.75, 3.05) is 13.2 Å². The van der Waals surface area contributed by atoms with E-state index in [1.54, 1.807) is 0 Å². The van der Waals surface area contributed by atoms with E-state index in [1.807, 2.05) is 60.7 Å². The largest absolute Gasteiger partial charge is 0.396 e. The van der Waals surface area contributed by atoms with Gasteiger partial charge >= 0.3 is 0 Å². The number of aliphatic hydroxyl groups excluding tert-OH is 1. The van der Waals surface area contributed by atoms with Gasteiger partial charge in [0.15, 0.2) is 0 Å². The molecule has 3 nitrogen and oxygen atoms in total. The van der Waals surface area contributed by atoms with Gasteiger partial charge in [-0.1, -0.05) is 54.5 Å². The molecule has 0 saturated carbocycles. The van der Waals surface area contributed by atoms with E-state index in [4.69, 9.17) is 0 Å². The van der Waals surface area contributed by atoms with E-state index in [1.165, 1.54) is 0 Å². The predicted molar refractivity (Wildman–Crippen MR) is 87.2 cm³/mol. The van der Waals surface area contributed by atoms with Gasteiger partial charge in [-0.3, -0.25) is 4.79 Å². The summed E-state index contributed by atoms with van der Waals surface area (Å²) in [5.41, 5.74) is 1.92. The summed E-state index contributed by atoms with van der Waals surface area (Å²) in [5.74, 6) is 5.20. The second kappa shape index (κ2) is 8.66. The Balaban J connectivity index is 1.92. The van der Waals surface area contributed by atoms with E-state index in [-0.39, 0.29) is 18.4 Å². The highest BCUT2D eigenvalue weighted by Crippen LogP contribution is 2.17. The number of hydrogen-bond acceptors (Lipinski definition) is 2. The van der Waals surface area contributed by atoms with Gasteiger partial charge in [0.05, 0.1) is 0 Å². The van der Waals surface area contributed by atoms with E-state index in [9.17, 15) is 9.90 Å². The first-order valence-corrected chi connectivity index (χ1v) is 7.30. The van der Waals surface area contributed by atoms with E-state index >= 15 is 0 Å². The summed E-state index contributed by atoms with van der Waals surface area (Å²) in [7, 11) is 0. The molecule has 0 aliphatic heterocycles. The highest BCUT2D eigenvalue weighted by atomic mass is 16.3. The van der Waals surface area contributed by atoms with Crippen molar-refractivity contribution in [2.45, 2.75) is 12.3 Å². The molecule has 2 aromatic rings. The van der Waals surface area contributed by atoms with Crippen molar-refractivity contribution in [3.05, 3.63) is 71.8 Å². The maximum absolute atomic E-state index is 11.8.